The number of carboxylic acid groups (broad SMARTS) is 1. The molecular weight excluding hydrogens is 284 g/mol. The third-order valence-corrected chi connectivity index (χ3v) is 3.65. The SMILES string of the molecule is CCCCCCC/C=C/C=C/C=C/C=C/CC[C@H](C)CC(=O)O. The number of hydrogen-bond acceptors (Lipinski definition) is 1. The van der Waals surface area contributed by atoms with Crippen molar-refractivity contribution in [2.45, 2.75) is 71.6 Å². The van der Waals surface area contributed by atoms with E-state index in [9.17, 15) is 4.79 Å². The van der Waals surface area contributed by atoms with Crippen LogP contribution in [-0.2, 0) is 4.79 Å². The van der Waals surface area contributed by atoms with Crippen LogP contribution >= 0.6 is 0 Å². The summed E-state index contributed by atoms with van der Waals surface area (Å²) in [5.74, 6) is -0.464. The van der Waals surface area contributed by atoms with Crippen LogP contribution in [0.1, 0.15) is 71.6 Å². The fraction of sp³-hybridized carbons (Fsp3) is 0.571. The molecule has 0 aromatic carbocycles. The van der Waals surface area contributed by atoms with Crippen molar-refractivity contribution in [2.75, 3.05) is 0 Å². The van der Waals surface area contributed by atoms with Crippen molar-refractivity contribution >= 4 is 5.97 Å². The van der Waals surface area contributed by atoms with Crippen molar-refractivity contribution in [3.05, 3.63) is 48.6 Å². The van der Waals surface area contributed by atoms with Crippen molar-refractivity contribution < 1.29 is 9.90 Å². The highest BCUT2D eigenvalue weighted by molar-refractivity contribution is 5.66. The van der Waals surface area contributed by atoms with E-state index in [1.165, 1.54) is 38.5 Å². The van der Waals surface area contributed by atoms with Crippen LogP contribution in [0.15, 0.2) is 48.6 Å². The Labute approximate surface area is 142 Å². The Bertz CT molecular complexity index is 389. The molecule has 0 heterocycles. The van der Waals surface area contributed by atoms with E-state index in [0.29, 0.717) is 0 Å². The minimum absolute atomic E-state index is 0.244. The number of carboxylic acids is 1. The van der Waals surface area contributed by atoms with Crippen LogP contribution < -0.4 is 0 Å². The molecule has 0 bridgehead atoms. The van der Waals surface area contributed by atoms with Gasteiger partial charge in [0.2, 0.25) is 0 Å². The Balaban J connectivity index is 3.57. The summed E-state index contributed by atoms with van der Waals surface area (Å²) in [6.45, 7) is 4.23. The Hall–Kier alpha value is -1.57. The van der Waals surface area contributed by atoms with Crippen LogP contribution in [-0.4, -0.2) is 11.1 Å². The zero-order chi connectivity index (χ0) is 17.2. The summed E-state index contributed by atoms with van der Waals surface area (Å²) in [7, 11) is 0. The van der Waals surface area contributed by atoms with Crippen LogP contribution in [0.25, 0.3) is 0 Å². The van der Waals surface area contributed by atoms with Gasteiger partial charge in [-0.1, -0.05) is 88.1 Å². The van der Waals surface area contributed by atoms with Gasteiger partial charge in [-0.2, -0.15) is 0 Å². The van der Waals surface area contributed by atoms with E-state index in [2.05, 4.69) is 31.2 Å². The highest BCUT2D eigenvalue weighted by Gasteiger charge is 2.05. The largest absolute Gasteiger partial charge is 0.481 e. The maximum Gasteiger partial charge on any atom is 0.303 e. The molecule has 0 unspecified atom stereocenters. The molecule has 2 nitrogen and oxygen atoms in total. The Morgan fingerprint density at radius 1 is 0.870 bits per heavy atom. The maximum atomic E-state index is 10.5. The second-order valence-corrected chi connectivity index (χ2v) is 6.11. The fourth-order valence-corrected chi connectivity index (χ4v) is 2.25. The van der Waals surface area contributed by atoms with Gasteiger partial charge in [0.05, 0.1) is 0 Å². The van der Waals surface area contributed by atoms with Gasteiger partial charge in [0.15, 0.2) is 0 Å². The normalized spacial score (nSPS) is 13.8. The lowest BCUT2D eigenvalue weighted by Crippen LogP contribution is -2.03. The molecule has 1 atom stereocenters. The van der Waals surface area contributed by atoms with E-state index in [1.807, 2.05) is 31.2 Å². The van der Waals surface area contributed by atoms with Gasteiger partial charge in [0.1, 0.15) is 0 Å². The average Bonchev–Trinajstić information content (AvgIpc) is 2.50. The van der Waals surface area contributed by atoms with E-state index in [1.54, 1.807) is 0 Å². The lowest BCUT2D eigenvalue weighted by molar-refractivity contribution is -0.138. The van der Waals surface area contributed by atoms with Gasteiger partial charge in [0.25, 0.3) is 0 Å². The molecule has 0 aromatic rings. The van der Waals surface area contributed by atoms with Gasteiger partial charge in [-0.05, 0) is 31.6 Å². The van der Waals surface area contributed by atoms with E-state index in [0.717, 1.165) is 12.8 Å². The zero-order valence-corrected chi connectivity index (χ0v) is 14.9. The maximum absolute atomic E-state index is 10.5. The number of unbranched alkanes of at least 4 members (excludes halogenated alkanes) is 5. The molecule has 0 fully saturated rings. The quantitative estimate of drug-likeness (QED) is 0.294. The summed E-state index contributed by atoms with van der Waals surface area (Å²) in [5, 5.41) is 8.67. The minimum atomic E-state index is -0.708. The van der Waals surface area contributed by atoms with E-state index >= 15 is 0 Å². The summed E-state index contributed by atoms with van der Waals surface area (Å²) in [4.78, 5) is 10.5. The van der Waals surface area contributed by atoms with E-state index in [-0.39, 0.29) is 12.3 Å². The molecule has 130 valence electrons. The fourth-order valence-electron chi connectivity index (χ4n) is 2.25. The molecule has 1 N–H and O–H groups in total. The molecule has 2 heteroatoms. The first-order valence-electron chi connectivity index (χ1n) is 9.03. The number of hydrogen-bond donors (Lipinski definition) is 1. The summed E-state index contributed by atoms with van der Waals surface area (Å²) in [6, 6.07) is 0. The Morgan fingerprint density at radius 2 is 1.43 bits per heavy atom. The van der Waals surface area contributed by atoms with Crippen molar-refractivity contribution in [2.24, 2.45) is 5.92 Å². The minimum Gasteiger partial charge on any atom is -0.481 e. The topological polar surface area (TPSA) is 37.3 Å². The third-order valence-electron chi connectivity index (χ3n) is 3.65. The lowest BCUT2D eigenvalue weighted by Gasteiger charge is -2.04. The predicted octanol–water partition coefficient (Wildman–Crippen LogP) is 6.46. The zero-order valence-electron chi connectivity index (χ0n) is 14.9. The highest BCUT2D eigenvalue weighted by atomic mass is 16.4. The average molecular weight is 319 g/mol. The van der Waals surface area contributed by atoms with Crippen LogP contribution in [0.3, 0.4) is 0 Å². The molecule has 0 aliphatic heterocycles. The molecule has 0 radical (unpaired) electrons. The molecule has 0 aliphatic rings. The smallest absolute Gasteiger partial charge is 0.303 e. The summed E-state index contributed by atoms with van der Waals surface area (Å²) in [6.07, 6.45) is 26.5. The van der Waals surface area contributed by atoms with E-state index in [4.69, 9.17) is 5.11 Å². The molecule has 0 aliphatic carbocycles. The Kier molecular flexibility index (Phi) is 15.6. The van der Waals surface area contributed by atoms with Crippen LogP contribution in [0, 0.1) is 5.92 Å². The molecule has 0 aromatic heterocycles. The van der Waals surface area contributed by atoms with Gasteiger partial charge in [-0.15, -0.1) is 0 Å². The second-order valence-electron chi connectivity index (χ2n) is 6.11. The van der Waals surface area contributed by atoms with Crippen molar-refractivity contribution in [1.82, 2.24) is 0 Å². The van der Waals surface area contributed by atoms with E-state index < -0.39 is 5.97 Å². The summed E-state index contributed by atoms with van der Waals surface area (Å²) < 4.78 is 0. The van der Waals surface area contributed by atoms with Crippen LogP contribution in [0.4, 0.5) is 0 Å². The second kappa shape index (κ2) is 16.8. The highest BCUT2D eigenvalue weighted by Crippen LogP contribution is 2.10. The molecule has 23 heavy (non-hydrogen) atoms. The van der Waals surface area contributed by atoms with Crippen molar-refractivity contribution in [3.63, 3.8) is 0 Å². The first-order valence-corrected chi connectivity index (χ1v) is 9.03. The molecule has 0 spiro atoms. The molecule has 0 amide bonds. The molecule has 0 rings (SSSR count). The molecule has 0 saturated carbocycles. The third kappa shape index (κ3) is 18.4. The molecular formula is C21H34O2. The number of allylic oxidation sites excluding steroid dienone is 8. The van der Waals surface area contributed by atoms with Crippen molar-refractivity contribution in [1.29, 1.82) is 0 Å². The van der Waals surface area contributed by atoms with Crippen molar-refractivity contribution in [3.8, 4) is 0 Å². The number of rotatable bonds is 14. The monoisotopic (exact) mass is 318 g/mol. The Morgan fingerprint density at radius 3 is 2.04 bits per heavy atom. The summed E-state index contributed by atoms with van der Waals surface area (Å²) in [5.41, 5.74) is 0. The number of carbonyl (C=O) groups is 1. The standard InChI is InChI=1S/C21H34O2/c1-3-4-5-6-7-8-9-10-11-12-13-14-15-16-17-18-20(2)19-21(22)23/h9-16,20H,3-8,17-19H2,1-2H3,(H,22,23)/b10-9+,12-11+,14-13+,16-15+/t20-/m0/s1. The van der Waals surface area contributed by atoms with Gasteiger partial charge < -0.3 is 5.11 Å². The first kappa shape index (κ1) is 21.4. The number of aliphatic carboxylic acids is 1. The summed E-state index contributed by atoms with van der Waals surface area (Å²) >= 11 is 0. The predicted molar refractivity (Wildman–Crippen MR) is 101 cm³/mol. The van der Waals surface area contributed by atoms with Gasteiger partial charge >= 0.3 is 5.97 Å². The lowest BCUT2D eigenvalue weighted by atomic mass is 10.0. The van der Waals surface area contributed by atoms with Gasteiger partial charge in [0, 0.05) is 6.42 Å². The first-order chi connectivity index (χ1) is 11.2. The van der Waals surface area contributed by atoms with Gasteiger partial charge in [-0.25, -0.2) is 0 Å². The van der Waals surface area contributed by atoms with Crippen LogP contribution in [0.2, 0.25) is 0 Å². The van der Waals surface area contributed by atoms with Gasteiger partial charge in [-0.3, -0.25) is 4.79 Å². The van der Waals surface area contributed by atoms with Crippen LogP contribution in [0.5, 0.6) is 0 Å². The molecule has 0 saturated heterocycles.